The Labute approximate surface area is 53.3 Å². The number of rotatable bonds is 2. The first-order valence-corrected chi connectivity index (χ1v) is 2.60. The van der Waals surface area contributed by atoms with Gasteiger partial charge < -0.3 is 0 Å². The maximum atomic E-state index is 4.75. The van der Waals surface area contributed by atoms with Crippen molar-refractivity contribution in [1.29, 1.82) is 0 Å². The lowest BCUT2D eigenvalue weighted by molar-refractivity contribution is 0.201. The molecule has 9 heavy (non-hydrogen) atoms. The van der Waals surface area contributed by atoms with Crippen molar-refractivity contribution in [1.82, 2.24) is 0 Å². The molecule has 0 amide bonds. The lowest BCUT2D eigenvalue weighted by atomic mass is 10.3. The summed E-state index contributed by atoms with van der Waals surface area (Å²) < 4.78 is 0. The summed E-state index contributed by atoms with van der Waals surface area (Å²) in [7, 11) is 0. The summed E-state index contributed by atoms with van der Waals surface area (Å²) in [5.74, 6) is 4.75. The molecule has 3 N–H and O–H groups in total. The van der Waals surface area contributed by atoms with Crippen molar-refractivity contribution in [3.8, 4) is 0 Å². The van der Waals surface area contributed by atoms with Gasteiger partial charge in [-0.3, -0.25) is 0 Å². The van der Waals surface area contributed by atoms with Gasteiger partial charge in [0.2, 0.25) is 0 Å². The van der Waals surface area contributed by atoms with Crippen LogP contribution >= 0.6 is 0 Å². The monoisotopic (exact) mass is 124 g/mol. The summed E-state index contributed by atoms with van der Waals surface area (Å²) in [6.45, 7) is 0. The van der Waals surface area contributed by atoms with Crippen LogP contribution in [0.3, 0.4) is 0 Å². The van der Waals surface area contributed by atoms with E-state index in [2.05, 4.69) is 10.4 Å². The van der Waals surface area contributed by atoms with Crippen molar-refractivity contribution in [3.05, 3.63) is 30.3 Å². The van der Waals surface area contributed by atoms with Gasteiger partial charge in [-0.25, -0.2) is 5.48 Å². The van der Waals surface area contributed by atoms with Gasteiger partial charge in [-0.2, -0.15) is 10.8 Å². The summed E-state index contributed by atoms with van der Waals surface area (Å²) in [5, 5.41) is 0. The molecular formula is C6H8N2O. The van der Waals surface area contributed by atoms with Crippen molar-refractivity contribution in [2.24, 2.45) is 5.90 Å². The predicted molar refractivity (Wildman–Crippen MR) is 35.3 cm³/mol. The van der Waals surface area contributed by atoms with E-state index in [9.17, 15) is 0 Å². The zero-order valence-electron chi connectivity index (χ0n) is 4.87. The second-order valence-corrected chi connectivity index (χ2v) is 1.59. The molecule has 48 valence electrons. The van der Waals surface area contributed by atoms with Crippen molar-refractivity contribution in [2.75, 3.05) is 5.48 Å². The second-order valence-electron chi connectivity index (χ2n) is 1.59. The minimum atomic E-state index is 0.847. The van der Waals surface area contributed by atoms with Crippen molar-refractivity contribution >= 4 is 5.69 Å². The molecule has 1 aromatic carbocycles. The number of benzene rings is 1. The van der Waals surface area contributed by atoms with E-state index in [0.29, 0.717) is 0 Å². The number of nitrogens with two attached hydrogens (primary N) is 1. The van der Waals surface area contributed by atoms with Gasteiger partial charge in [-0.15, -0.1) is 0 Å². The van der Waals surface area contributed by atoms with Crippen molar-refractivity contribution < 1.29 is 4.94 Å². The SMILES string of the molecule is NONc1ccccc1. The topological polar surface area (TPSA) is 47.3 Å². The number of hydrogen-bond donors (Lipinski definition) is 2. The molecule has 0 aromatic heterocycles. The molecule has 0 spiro atoms. The van der Waals surface area contributed by atoms with Gasteiger partial charge in [0, 0.05) is 0 Å². The second kappa shape index (κ2) is 3.06. The van der Waals surface area contributed by atoms with Crippen molar-refractivity contribution in [2.45, 2.75) is 0 Å². The molecule has 3 heteroatoms. The van der Waals surface area contributed by atoms with Crippen molar-refractivity contribution in [3.63, 3.8) is 0 Å². The molecule has 1 aromatic rings. The molecule has 0 bridgehead atoms. The first-order chi connectivity index (χ1) is 4.43. The number of hydrogen-bond acceptors (Lipinski definition) is 3. The van der Waals surface area contributed by atoms with Crippen LogP contribution in [-0.4, -0.2) is 0 Å². The van der Waals surface area contributed by atoms with Crippen LogP contribution in [0.1, 0.15) is 0 Å². The van der Waals surface area contributed by atoms with Crippen LogP contribution in [0, 0.1) is 0 Å². The Morgan fingerprint density at radius 1 is 1.22 bits per heavy atom. The largest absolute Gasteiger partial charge is 0.248 e. The van der Waals surface area contributed by atoms with Gasteiger partial charge in [0.25, 0.3) is 0 Å². The Balaban J connectivity index is 2.61. The Kier molecular flexibility index (Phi) is 2.06. The maximum absolute atomic E-state index is 4.75. The summed E-state index contributed by atoms with van der Waals surface area (Å²) in [6, 6.07) is 9.41. The summed E-state index contributed by atoms with van der Waals surface area (Å²) in [4.78, 5) is 4.18. The fraction of sp³-hybridized carbons (Fsp3) is 0. The Morgan fingerprint density at radius 2 is 1.89 bits per heavy atom. The number of para-hydroxylation sites is 1. The molecule has 1 rings (SSSR count). The first-order valence-electron chi connectivity index (χ1n) is 2.60. The molecule has 0 aliphatic heterocycles. The molecule has 0 fully saturated rings. The van der Waals surface area contributed by atoms with E-state index < -0.39 is 0 Å². The van der Waals surface area contributed by atoms with Gasteiger partial charge in [0.15, 0.2) is 0 Å². The van der Waals surface area contributed by atoms with Crippen LogP contribution in [0.2, 0.25) is 0 Å². The van der Waals surface area contributed by atoms with Gasteiger partial charge in [-0.1, -0.05) is 18.2 Å². The third kappa shape index (κ3) is 1.71. The van der Waals surface area contributed by atoms with Crippen LogP contribution in [0.15, 0.2) is 30.3 Å². The van der Waals surface area contributed by atoms with E-state index in [1.807, 2.05) is 30.3 Å². The molecule has 0 saturated heterocycles. The molecule has 0 radical (unpaired) electrons. The van der Waals surface area contributed by atoms with Gasteiger partial charge in [-0.05, 0) is 12.1 Å². The maximum Gasteiger partial charge on any atom is 0.0623 e. The fourth-order valence-electron chi connectivity index (χ4n) is 0.574. The quantitative estimate of drug-likeness (QED) is 0.576. The highest BCUT2D eigenvalue weighted by molar-refractivity contribution is 5.39. The normalized spacial score (nSPS) is 9.00. The van der Waals surface area contributed by atoms with Crippen LogP contribution in [0.25, 0.3) is 0 Å². The molecule has 3 nitrogen and oxygen atoms in total. The average molecular weight is 124 g/mol. The van der Waals surface area contributed by atoms with Gasteiger partial charge in [0.1, 0.15) is 0 Å². The first kappa shape index (κ1) is 6.07. The molecule has 0 aliphatic carbocycles. The number of nitrogens with one attached hydrogen (secondary N) is 1. The molecule has 0 aliphatic rings. The smallest absolute Gasteiger partial charge is 0.0623 e. The number of anilines is 1. The highest BCUT2D eigenvalue weighted by atomic mass is 16.8. The van der Waals surface area contributed by atoms with E-state index in [1.165, 1.54) is 0 Å². The molecule has 0 unspecified atom stereocenters. The molecular weight excluding hydrogens is 116 g/mol. The summed E-state index contributed by atoms with van der Waals surface area (Å²) in [6.07, 6.45) is 0. The summed E-state index contributed by atoms with van der Waals surface area (Å²) in [5.41, 5.74) is 3.33. The van der Waals surface area contributed by atoms with E-state index in [0.717, 1.165) is 5.69 Å². The zero-order chi connectivity index (χ0) is 6.53. The third-order valence-corrected chi connectivity index (χ3v) is 0.951. The summed E-state index contributed by atoms with van der Waals surface area (Å²) >= 11 is 0. The van der Waals surface area contributed by atoms with Gasteiger partial charge in [0.05, 0.1) is 5.69 Å². The molecule has 0 atom stereocenters. The van der Waals surface area contributed by atoms with Gasteiger partial charge >= 0.3 is 0 Å². The van der Waals surface area contributed by atoms with E-state index in [4.69, 9.17) is 5.90 Å². The highest BCUT2D eigenvalue weighted by Crippen LogP contribution is 2.02. The minimum absolute atomic E-state index is 0.847. The van der Waals surface area contributed by atoms with Crippen LogP contribution in [0.5, 0.6) is 0 Å². The third-order valence-electron chi connectivity index (χ3n) is 0.951. The Hall–Kier alpha value is -1.06. The molecule has 0 saturated carbocycles. The Morgan fingerprint density at radius 3 is 2.44 bits per heavy atom. The lowest BCUT2D eigenvalue weighted by Crippen LogP contribution is -2.06. The van der Waals surface area contributed by atoms with Crippen LogP contribution < -0.4 is 11.4 Å². The minimum Gasteiger partial charge on any atom is -0.248 e. The Bertz CT molecular complexity index is 164. The van der Waals surface area contributed by atoms with Crippen LogP contribution in [-0.2, 0) is 4.94 Å². The van der Waals surface area contributed by atoms with Crippen LogP contribution in [0.4, 0.5) is 5.69 Å². The van der Waals surface area contributed by atoms with E-state index in [1.54, 1.807) is 0 Å². The van der Waals surface area contributed by atoms with E-state index >= 15 is 0 Å². The lowest BCUT2D eigenvalue weighted by Gasteiger charge is -1.98. The predicted octanol–water partition coefficient (Wildman–Crippen LogP) is 0.904. The average Bonchev–Trinajstić information content (AvgIpc) is 1.91. The highest BCUT2D eigenvalue weighted by Gasteiger charge is 1.82. The standard InChI is InChI=1S/C6H8N2O/c7-9-8-6-4-2-1-3-5-6/h1-5,8H,7H2. The fourth-order valence-corrected chi connectivity index (χ4v) is 0.574. The zero-order valence-corrected chi connectivity index (χ0v) is 4.87. The molecule has 0 heterocycles. The van der Waals surface area contributed by atoms with E-state index in [-0.39, 0.29) is 0 Å².